The van der Waals surface area contributed by atoms with Gasteiger partial charge in [-0.1, -0.05) is 13.8 Å². The van der Waals surface area contributed by atoms with E-state index in [2.05, 4.69) is 5.48 Å². The molecule has 0 aliphatic carbocycles. The second-order valence-electron chi connectivity index (χ2n) is 4.67. The number of aryl methyl sites for hydroxylation is 1. The first-order valence-corrected chi connectivity index (χ1v) is 5.74. The molecule has 0 bridgehead atoms. The van der Waals surface area contributed by atoms with E-state index in [-0.39, 0.29) is 11.6 Å². The van der Waals surface area contributed by atoms with Crippen molar-refractivity contribution in [2.24, 2.45) is 5.92 Å². The summed E-state index contributed by atoms with van der Waals surface area (Å²) >= 11 is 0. The zero-order valence-corrected chi connectivity index (χ0v) is 10.7. The van der Waals surface area contributed by atoms with Crippen molar-refractivity contribution in [3.63, 3.8) is 0 Å². The standard InChI is InChI=1S/C13H19F2NO/c1-8(2)7-17-16-10(4)11-6-12(14)9(3)5-13(11)15/h5-6,8,10,16H,7H2,1-4H3. The fraction of sp³-hybridized carbons (Fsp3) is 0.538. The van der Waals surface area contributed by atoms with E-state index in [1.54, 1.807) is 6.92 Å². The summed E-state index contributed by atoms with van der Waals surface area (Å²) in [5.74, 6) is -0.440. The average molecular weight is 243 g/mol. The fourth-order valence-electron chi connectivity index (χ4n) is 1.40. The van der Waals surface area contributed by atoms with Crippen molar-refractivity contribution < 1.29 is 13.6 Å². The van der Waals surface area contributed by atoms with Gasteiger partial charge in [0.15, 0.2) is 0 Å². The van der Waals surface area contributed by atoms with Crippen LogP contribution >= 0.6 is 0 Å². The average Bonchev–Trinajstić information content (AvgIpc) is 2.22. The number of nitrogens with one attached hydrogen (secondary N) is 1. The number of halogens is 2. The number of benzene rings is 1. The molecular weight excluding hydrogens is 224 g/mol. The molecule has 1 atom stereocenters. The molecule has 1 N–H and O–H groups in total. The number of hydroxylamine groups is 1. The predicted octanol–water partition coefficient (Wildman–Crippen LogP) is 3.51. The molecule has 2 nitrogen and oxygen atoms in total. The summed E-state index contributed by atoms with van der Waals surface area (Å²) in [5.41, 5.74) is 3.29. The molecule has 0 heterocycles. The van der Waals surface area contributed by atoms with E-state index < -0.39 is 11.6 Å². The highest BCUT2D eigenvalue weighted by Gasteiger charge is 2.13. The molecular formula is C13H19F2NO. The Bertz CT molecular complexity index is 380. The highest BCUT2D eigenvalue weighted by molar-refractivity contribution is 5.27. The van der Waals surface area contributed by atoms with Crippen LogP contribution in [0.2, 0.25) is 0 Å². The minimum Gasteiger partial charge on any atom is -0.301 e. The molecule has 0 radical (unpaired) electrons. The minimum atomic E-state index is -0.419. The summed E-state index contributed by atoms with van der Waals surface area (Å²) in [6, 6.07) is 2.02. The highest BCUT2D eigenvalue weighted by atomic mass is 19.1. The van der Waals surface area contributed by atoms with Crippen molar-refractivity contribution in [2.45, 2.75) is 33.7 Å². The third-order valence-electron chi connectivity index (χ3n) is 2.42. The van der Waals surface area contributed by atoms with Gasteiger partial charge in [-0.2, -0.15) is 5.48 Å². The molecule has 96 valence electrons. The van der Waals surface area contributed by atoms with Gasteiger partial charge in [-0.25, -0.2) is 8.78 Å². The lowest BCUT2D eigenvalue weighted by atomic mass is 10.1. The van der Waals surface area contributed by atoms with Gasteiger partial charge < -0.3 is 4.84 Å². The van der Waals surface area contributed by atoms with Gasteiger partial charge in [0.1, 0.15) is 11.6 Å². The van der Waals surface area contributed by atoms with Crippen molar-refractivity contribution in [2.75, 3.05) is 6.61 Å². The third-order valence-corrected chi connectivity index (χ3v) is 2.42. The van der Waals surface area contributed by atoms with Crippen LogP contribution in [-0.2, 0) is 4.84 Å². The van der Waals surface area contributed by atoms with Gasteiger partial charge in [0.25, 0.3) is 0 Å². The largest absolute Gasteiger partial charge is 0.301 e. The third kappa shape index (κ3) is 4.06. The Kier molecular flexibility index (Phi) is 5.02. The van der Waals surface area contributed by atoms with Crippen LogP contribution in [0.5, 0.6) is 0 Å². The number of rotatable bonds is 5. The summed E-state index contributed by atoms with van der Waals surface area (Å²) in [4.78, 5) is 5.20. The normalized spacial score (nSPS) is 13.1. The fourth-order valence-corrected chi connectivity index (χ4v) is 1.40. The lowest BCUT2D eigenvalue weighted by molar-refractivity contribution is 0.00338. The van der Waals surface area contributed by atoms with Gasteiger partial charge in [0.05, 0.1) is 12.6 Å². The Morgan fingerprint density at radius 3 is 2.41 bits per heavy atom. The Morgan fingerprint density at radius 2 is 1.82 bits per heavy atom. The molecule has 0 saturated heterocycles. The lowest BCUT2D eigenvalue weighted by Crippen LogP contribution is -2.22. The van der Waals surface area contributed by atoms with Crippen molar-refractivity contribution in [1.82, 2.24) is 5.48 Å². The summed E-state index contributed by atoms with van der Waals surface area (Å²) in [7, 11) is 0. The molecule has 1 unspecified atom stereocenters. The Balaban J connectivity index is 2.68. The molecule has 1 rings (SSSR count). The van der Waals surface area contributed by atoms with Crippen LogP contribution in [0.1, 0.15) is 37.9 Å². The maximum atomic E-state index is 13.6. The molecule has 0 aliphatic heterocycles. The van der Waals surface area contributed by atoms with E-state index in [0.717, 1.165) is 0 Å². The summed E-state index contributed by atoms with van der Waals surface area (Å²) in [6.45, 7) is 7.82. The smallest absolute Gasteiger partial charge is 0.128 e. The summed E-state index contributed by atoms with van der Waals surface area (Å²) in [6.07, 6.45) is 0. The number of hydrogen-bond acceptors (Lipinski definition) is 2. The quantitative estimate of drug-likeness (QED) is 0.799. The molecule has 0 saturated carbocycles. The second kappa shape index (κ2) is 6.07. The van der Waals surface area contributed by atoms with Crippen LogP contribution in [0.4, 0.5) is 8.78 Å². The topological polar surface area (TPSA) is 21.3 Å². The zero-order chi connectivity index (χ0) is 13.0. The molecule has 17 heavy (non-hydrogen) atoms. The zero-order valence-electron chi connectivity index (χ0n) is 10.7. The van der Waals surface area contributed by atoms with Crippen molar-refractivity contribution in [3.8, 4) is 0 Å². The Hall–Kier alpha value is -1.00. The Labute approximate surface area is 101 Å². The van der Waals surface area contributed by atoms with Crippen molar-refractivity contribution in [1.29, 1.82) is 0 Å². The first-order chi connectivity index (χ1) is 7.91. The summed E-state index contributed by atoms with van der Waals surface area (Å²) < 4.78 is 26.9. The lowest BCUT2D eigenvalue weighted by Gasteiger charge is -2.16. The predicted molar refractivity (Wildman–Crippen MR) is 63.4 cm³/mol. The van der Waals surface area contributed by atoms with Crippen LogP contribution in [0, 0.1) is 24.5 Å². The molecule has 1 aromatic rings. The van der Waals surface area contributed by atoms with E-state index >= 15 is 0 Å². The van der Waals surface area contributed by atoms with E-state index in [1.165, 1.54) is 19.1 Å². The first kappa shape index (κ1) is 14.1. The first-order valence-electron chi connectivity index (χ1n) is 5.74. The number of hydrogen-bond donors (Lipinski definition) is 1. The molecule has 0 fully saturated rings. The van der Waals surface area contributed by atoms with Gasteiger partial charge in [0.2, 0.25) is 0 Å². The van der Waals surface area contributed by atoms with Crippen molar-refractivity contribution in [3.05, 3.63) is 34.9 Å². The maximum absolute atomic E-state index is 13.6. The SMILES string of the molecule is Cc1cc(F)c(C(C)NOCC(C)C)cc1F. The van der Waals surface area contributed by atoms with E-state index in [9.17, 15) is 8.78 Å². The highest BCUT2D eigenvalue weighted by Crippen LogP contribution is 2.20. The van der Waals surface area contributed by atoms with Crippen LogP contribution in [0.25, 0.3) is 0 Å². The van der Waals surface area contributed by atoms with Crippen LogP contribution in [-0.4, -0.2) is 6.61 Å². The second-order valence-corrected chi connectivity index (χ2v) is 4.67. The van der Waals surface area contributed by atoms with Crippen LogP contribution in [0.15, 0.2) is 12.1 Å². The van der Waals surface area contributed by atoms with Gasteiger partial charge in [-0.15, -0.1) is 0 Å². The van der Waals surface area contributed by atoms with Crippen molar-refractivity contribution >= 4 is 0 Å². The molecule has 0 spiro atoms. The van der Waals surface area contributed by atoms with E-state index in [1.807, 2.05) is 13.8 Å². The maximum Gasteiger partial charge on any atom is 0.128 e. The van der Waals surface area contributed by atoms with Gasteiger partial charge in [0, 0.05) is 5.56 Å². The van der Waals surface area contributed by atoms with Gasteiger partial charge in [-0.05, 0) is 37.5 Å². The van der Waals surface area contributed by atoms with Crippen LogP contribution in [0.3, 0.4) is 0 Å². The van der Waals surface area contributed by atoms with E-state index in [0.29, 0.717) is 18.1 Å². The Morgan fingerprint density at radius 1 is 1.18 bits per heavy atom. The minimum absolute atomic E-state index is 0.275. The molecule has 0 amide bonds. The monoisotopic (exact) mass is 243 g/mol. The van der Waals surface area contributed by atoms with E-state index in [4.69, 9.17) is 4.84 Å². The van der Waals surface area contributed by atoms with Crippen LogP contribution < -0.4 is 5.48 Å². The molecule has 1 aromatic carbocycles. The molecule has 4 heteroatoms. The molecule has 0 aliphatic rings. The van der Waals surface area contributed by atoms with Gasteiger partial charge >= 0.3 is 0 Å². The molecule has 0 aromatic heterocycles. The summed E-state index contributed by atoms with van der Waals surface area (Å²) in [5, 5.41) is 0. The van der Waals surface area contributed by atoms with Gasteiger partial charge in [-0.3, -0.25) is 0 Å².